The van der Waals surface area contributed by atoms with Gasteiger partial charge in [0.25, 0.3) is 0 Å². The second-order valence-corrected chi connectivity index (χ2v) is 6.66. The first-order valence-corrected chi connectivity index (χ1v) is 8.98. The van der Waals surface area contributed by atoms with Crippen molar-refractivity contribution < 1.29 is 19.0 Å². The second-order valence-electron chi connectivity index (χ2n) is 6.66. The van der Waals surface area contributed by atoms with Gasteiger partial charge in [-0.25, -0.2) is 0 Å². The average Bonchev–Trinajstić information content (AvgIpc) is 2.61. The molecular weight excluding hydrogens is 316 g/mol. The third kappa shape index (κ3) is 3.96. The molecule has 2 aromatic rings. The zero-order valence-corrected chi connectivity index (χ0v) is 15.2. The molecule has 1 fully saturated rings. The molecule has 0 bridgehead atoms. The van der Waals surface area contributed by atoms with Gasteiger partial charge in [-0.3, -0.25) is 4.79 Å². The number of carbonyl (C=O) groups excluding carboxylic acids is 1. The van der Waals surface area contributed by atoms with Crippen molar-refractivity contribution >= 4 is 16.7 Å². The maximum absolute atomic E-state index is 11.6. The lowest BCUT2D eigenvalue weighted by molar-refractivity contribution is -0.148. The van der Waals surface area contributed by atoms with Gasteiger partial charge in [0.2, 0.25) is 0 Å². The predicted molar refractivity (Wildman–Crippen MR) is 97.8 cm³/mol. The summed E-state index contributed by atoms with van der Waals surface area (Å²) in [6, 6.07) is 12.4. The Balaban J connectivity index is 2.09. The highest BCUT2D eigenvalue weighted by Crippen LogP contribution is 2.43. The second kappa shape index (κ2) is 7.87. The summed E-state index contributed by atoms with van der Waals surface area (Å²) in [5, 5.41) is 2.33. The van der Waals surface area contributed by atoms with E-state index in [2.05, 4.69) is 18.2 Å². The number of rotatable bonds is 5. The molecule has 0 heterocycles. The minimum absolute atomic E-state index is 0.0998. The van der Waals surface area contributed by atoms with Crippen LogP contribution in [-0.4, -0.2) is 25.5 Å². The lowest BCUT2D eigenvalue weighted by Crippen LogP contribution is -2.29. The lowest BCUT2D eigenvalue weighted by Gasteiger charge is -2.33. The highest BCUT2D eigenvalue weighted by molar-refractivity contribution is 5.88. The van der Waals surface area contributed by atoms with E-state index in [0.717, 1.165) is 42.4 Å². The van der Waals surface area contributed by atoms with Crippen molar-refractivity contribution in [1.29, 1.82) is 0 Å². The van der Waals surface area contributed by atoms with Crippen molar-refractivity contribution in [3.63, 3.8) is 0 Å². The third-order valence-corrected chi connectivity index (χ3v) is 4.95. The van der Waals surface area contributed by atoms with E-state index in [1.807, 2.05) is 25.1 Å². The van der Waals surface area contributed by atoms with Gasteiger partial charge in [0.15, 0.2) is 6.29 Å². The highest BCUT2D eigenvalue weighted by atomic mass is 16.7. The van der Waals surface area contributed by atoms with Crippen LogP contribution in [0.4, 0.5) is 0 Å². The fraction of sp³-hybridized carbons (Fsp3) is 0.476. The van der Waals surface area contributed by atoms with Crippen LogP contribution in [0, 0.1) is 0 Å². The number of hydrogen-bond acceptors (Lipinski definition) is 4. The summed E-state index contributed by atoms with van der Waals surface area (Å²) in [4.78, 5) is 11.6. The molecule has 0 aromatic heterocycles. The topological polar surface area (TPSA) is 44.8 Å². The van der Waals surface area contributed by atoms with Crippen LogP contribution >= 0.6 is 0 Å². The molecule has 1 aliphatic carbocycles. The van der Waals surface area contributed by atoms with Gasteiger partial charge in [0.05, 0.1) is 0 Å². The van der Waals surface area contributed by atoms with Gasteiger partial charge in [-0.15, -0.1) is 0 Å². The molecule has 0 aliphatic heterocycles. The molecular formula is C21H26O4. The van der Waals surface area contributed by atoms with Gasteiger partial charge in [0.1, 0.15) is 11.9 Å². The van der Waals surface area contributed by atoms with E-state index in [0.29, 0.717) is 0 Å². The molecule has 3 atom stereocenters. The van der Waals surface area contributed by atoms with Gasteiger partial charge in [-0.05, 0) is 43.0 Å². The molecule has 134 valence electrons. The zero-order chi connectivity index (χ0) is 17.8. The summed E-state index contributed by atoms with van der Waals surface area (Å²) in [5.41, 5.74) is 1.13. The van der Waals surface area contributed by atoms with Crippen molar-refractivity contribution in [2.75, 3.05) is 7.11 Å². The third-order valence-electron chi connectivity index (χ3n) is 4.95. The van der Waals surface area contributed by atoms with Crippen LogP contribution in [-0.2, 0) is 14.3 Å². The number of benzene rings is 2. The van der Waals surface area contributed by atoms with Crippen molar-refractivity contribution in [2.45, 2.75) is 57.8 Å². The fourth-order valence-electron chi connectivity index (χ4n) is 3.77. The Bertz CT molecular complexity index is 740. The SMILES string of the molecule is CO[C@@H](C)Oc1ccc2ccccc2c1[C@H]1CCCC[C@H]1OC(C)=O. The van der Waals surface area contributed by atoms with Gasteiger partial charge < -0.3 is 14.2 Å². The predicted octanol–water partition coefficient (Wildman–Crippen LogP) is 4.80. The first-order valence-electron chi connectivity index (χ1n) is 8.98. The summed E-state index contributed by atoms with van der Waals surface area (Å²) in [5.74, 6) is 0.741. The molecule has 0 saturated heterocycles. The van der Waals surface area contributed by atoms with Crippen molar-refractivity contribution in [3.05, 3.63) is 42.0 Å². The Morgan fingerprint density at radius 1 is 1.12 bits per heavy atom. The van der Waals surface area contributed by atoms with Crippen LogP contribution in [0.15, 0.2) is 36.4 Å². The number of hydrogen-bond donors (Lipinski definition) is 0. The smallest absolute Gasteiger partial charge is 0.302 e. The zero-order valence-electron chi connectivity index (χ0n) is 15.2. The molecule has 0 spiro atoms. The Morgan fingerprint density at radius 3 is 2.64 bits per heavy atom. The minimum atomic E-state index is -0.337. The molecule has 1 saturated carbocycles. The van der Waals surface area contributed by atoms with Gasteiger partial charge >= 0.3 is 5.97 Å². The summed E-state index contributed by atoms with van der Waals surface area (Å²) in [6.07, 6.45) is 3.67. The molecule has 25 heavy (non-hydrogen) atoms. The number of methoxy groups -OCH3 is 1. The average molecular weight is 342 g/mol. The van der Waals surface area contributed by atoms with Crippen LogP contribution in [0.2, 0.25) is 0 Å². The minimum Gasteiger partial charge on any atom is -0.465 e. The molecule has 1 aliphatic rings. The molecule has 4 heteroatoms. The fourth-order valence-corrected chi connectivity index (χ4v) is 3.77. The van der Waals surface area contributed by atoms with E-state index < -0.39 is 0 Å². The first kappa shape index (κ1) is 17.7. The van der Waals surface area contributed by atoms with Crippen LogP contribution in [0.5, 0.6) is 5.75 Å². The van der Waals surface area contributed by atoms with E-state index in [1.165, 1.54) is 12.3 Å². The molecule has 3 rings (SSSR count). The van der Waals surface area contributed by atoms with E-state index in [4.69, 9.17) is 14.2 Å². The van der Waals surface area contributed by atoms with Gasteiger partial charge in [-0.1, -0.05) is 36.8 Å². The summed E-state index contributed by atoms with van der Waals surface area (Å²) in [6.45, 7) is 3.36. The molecule has 2 aromatic carbocycles. The van der Waals surface area contributed by atoms with Gasteiger partial charge in [-0.2, -0.15) is 0 Å². The number of carbonyl (C=O) groups is 1. The summed E-state index contributed by atoms with van der Waals surface area (Å²) >= 11 is 0. The molecule has 0 amide bonds. The van der Waals surface area contributed by atoms with Crippen molar-refractivity contribution in [1.82, 2.24) is 0 Å². The maximum Gasteiger partial charge on any atom is 0.302 e. The molecule has 0 N–H and O–H groups in total. The standard InChI is InChI=1S/C21H26O4/c1-14(22)24-19-11-7-6-10-18(19)21-17-9-5-4-8-16(17)12-13-20(21)25-15(2)23-3/h4-5,8-9,12-13,15,18-19H,6-7,10-11H2,1-3H3/t15-,18+,19-/m1/s1. The van der Waals surface area contributed by atoms with Crippen LogP contribution in [0.3, 0.4) is 0 Å². The first-order chi connectivity index (χ1) is 12.1. The number of ether oxygens (including phenoxy) is 3. The van der Waals surface area contributed by atoms with E-state index in [-0.39, 0.29) is 24.3 Å². The molecule has 4 nitrogen and oxygen atoms in total. The monoisotopic (exact) mass is 342 g/mol. The highest BCUT2D eigenvalue weighted by Gasteiger charge is 2.32. The summed E-state index contributed by atoms with van der Waals surface area (Å²) < 4.78 is 17.0. The molecule has 0 radical (unpaired) electrons. The van der Waals surface area contributed by atoms with Crippen LogP contribution in [0.1, 0.15) is 51.0 Å². The largest absolute Gasteiger partial charge is 0.465 e. The lowest BCUT2D eigenvalue weighted by atomic mass is 9.79. The number of esters is 1. The summed E-state index contributed by atoms with van der Waals surface area (Å²) in [7, 11) is 1.63. The van der Waals surface area contributed by atoms with E-state index >= 15 is 0 Å². The maximum atomic E-state index is 11.6. The molecule has 0 unspecified atom stereocenters. The Morgan fingerprint density at radius 2 is 1.88 bits per heavy atom. The number of fused-ring (bicyclic) bond motifs is 1. The normalized spacial score (nSPS) is 21.7. The van der Waals surface area contributed by atoms with Crippen molar-refractivity contribution in [2.24, 2.45) is 0 Å². The van der Waals surface area contributed by atoms with E-state index in [9.17, 15) is 4.79 Å². The Kier molecular flexibility index (Phi) is 5.59. The Labute approximate surface area is 149 Å². The van der Waals surface area contributed by atoms with Crippen LogP contribution < -0.4 is 4.74 Å². The van der Waals surface area contributed by atoms with Crippen LogP contribution in [0.25, 0.3) is 10.8 Å². The Hall–Kier alpha value is -2.07. The van der Waals surface area contributed by atoms with Crippen molar-refractivity contribution in [3.8, 4) is 5.75 Å². The quantitative estimate of drug-likeness (QED) is 0.578. The van der Waals surface area contributed by atoms with E-state index in [1.54, 1.807) is 7.11 Å². The van der Waals surface area contributed by atoms with Gasteiger partial charge in [0, 0.05) is 25.5 Å².